The highest BCUT2D eigenvalue weighted by molar-refractivity contribution is 7.89. The van der Waals surface area contributed by atoms with Gasteiger partial charge in [0.15, 0.2) is 0 Å². The highest BCUT2D eigenvalue weighted by Crippen LogP contribution is 2.17. The normalized spacial score (nSPS) is 12.5. The second kappa shape index (κ2) is 9.38. The summed E-state index contributed by atoms with van der Waals surface area (Å²) in [6.45, 7) is -0.0675. The molecule has 2 N–H and O–H groups in total. The third-order valence-corrected chi connectivity index (χ3v) is 6.04. The van der Waals surface area contributed by atoms with E-state index in [2.05, 4.69) is 15.1 Å². The third kappa shape index (κ3) is 5.65. The van der Waals surface area contributed by atoms with Crippen LogP contribution < -0.4 is 10.0 Å². The molecule has 3 rings (SSSR count). The van der Waals surface area contributed by atoms with Crippen molar-refractivity contribution in [1.29, 1.82) is 0 Å². The Bertz CT molecular complexity index is 1140. The van der Waals surface area contributed by atoms with Gasteiger partial charge in [0.2, 0.25) is 15.9 Å². The lowest BCUT2D eigenvalue weighted by Crippen LogP contribution is -2.38. The van der Waals surface area contributed by atoms with Crippen molar-refractivity contribution < 1.29 is 17.6 Å². The van der Waals surface area contributed by atoms with Gasteiger partial charge in [-0.3, -0.25) is 9.48 Å². The molecular weight excluding hydrogens is 431 g/mol. The first-order chi connectivity index (χ1) is 14.2. The lowest BCUT2D eigenvalue weighted by atomic mass is 10.1. The van der Waals surface area contributed by atoms with Gasteiger partial charge in [-0.2, -0.15) is 5.10 Å². The first-order valence-electron chi connectivity index (χ1n) is 9.01. The van der Waals surface area contributed by atoms with Gasteiger partial charge in [0.1, 0.15) is 10.7 Å². The molecule has 10 heteroatoms. The molecule has 1 heterocycles. The van der Waals surface area contributed by atoms with E-state index in [4.69, 9.17) is 11.6 Å². The fourth-order valence-corrected chi connectivity index (χ4v) is 3.98. The Morgan fingerprint density at radius 3 is 2.60 bits per heavy atom. The Labute approximate surface area is 178 Å². The van der Waals surface area contributed by atoms with Crippen molar-refractivity contribution in [1.82, 2.24) is 19.8 Å². The summed E-state index contributed by atoms with van der Waals surface area (Å²) in [5.41, 5.74) is 1.18. The molecule has 0 spiro atoms. The van der Waals surface area contributed by atoms with Crippen LogP contribution in [0.3, 0.4) is 0 Å². The summed E-state index contributed by atoms with van der Waals surface area (Å²) in [4.78, 5) is 12.6. The largest absolute Gasteiger partial charge is 0.348 e. The number of amides is 1. The topological polar surface area (TPSA) is 93.1 Å². The molecule has 2 aromatic carbocycles. The Hall–Kier alpha value is -2.75. The molecule has 0 fully saturated rings. The number of nitrogens with zero attached hydrogens (tertiary/aromatic N) is 2. The van der Waals surface area contributed by atoms with Crippen LogP contribution in [0.2, 0.25) is 5.02 Å². The van der Waals surface area contributed by atoms with Gasteiger partial charge in [0, 0.05) is 19.8 Å². The number of benzene rings is 2. The Morgan fingerprint density at radius 1 is 1.23 bits per heavy atom. The maximum absolute atomic E-state index is 13.6. The number of nitrogens with one attached hydrogen (secondary N) is 2. The van der Waals surface area contributed by atoms with Crippen LogP contribution in [0, 0.1) is 5.82 Å². The Kier molecular flexibility index (Phi) is 6.86. The van der Waals surface area contributed by atoms with Crippen molar-refractivity contribution in [3.05, 3.63) is 82.9 Å². The molecular formula is C20H20ClFN4O3S. The highest BCUT2D eigenvalue weighted by Gasteiger charge is 2.21. The van der Waals surface area contributed by atoms with Gasteiger partial charge in [-0.25, -0.2) is 17.5 Å². The summed E-state index contributed by atoms with van der Waals surface area (Å²) in [5.74, 6) is -0.989. The molecule has 0 aliphatic rings. The predicted molar refractivity (Wildman–Crippen MR) is 111 cm³/mol. The van der Waals surface area contributed by atoms with Gasteiger partial charge in [-0.1, -0.05) is 48.0 Å². The Balaban J connectivity index is 1.72. The maximum atomic E-state index is 13.6. The molecule has 0 saturated carbocycles. The summed E-state index contributed by atoms with van der Waals surface area (Å²) in [6.07, 6.45) is 2.55. The number of carbonyl (C=O) groups excluding carboxylic acids is 1. The number of aryl methyl sites for hydroxylation is 1. The summed E-state index contributed by atoms with van der Waals surface area (Å²) in [6, 6.07) is 12.5. The predicted octanol–water partition coefficient (Wildman–Crippen LogP) is 2.59. The third-order valence-electron chi connectivity index (χ3n) is 4.35. The first-order valence-corrected chi connectivity index (χ1v) is 10.9. The van der Waals surface area contributed by atoms with Crippen LogP contribution in [0.5, 0.6) is 0 Å². The molecule has 0 bridgehead atoms. The van der Waals surface area contributed by atoms with E-state index < -0.39 is 21.9 Å². The molecule has 158 valence electrons. The van der Waals surface area contributed by atoms with E-state index >= 15 is 0 Å². The molecule has 1 amide bonds. The molecule has 0 aliphatic heterocycles. The fourth-order valence-electron chi connectivity index (χ4n) is 2.83. The molecule has 7 nitrogen and oxygen atoms in total. The number of hydrogen-bond donors (Lipinski definition) is 2. The van der Waals surface area contributed by atoms with Crippen molar-refractivity contribution >= 4 is 27.5 Å². The van der Waals surface area contributed by atoms with Crippen LogP contribution in [0.1, 0.15) is 17.2 Å². The van der Waals surface area contributed by atoms with Crippen LogP contribution in [0.4, 0.5) is 4.39 Å². The zero-order chi connectivity index (χ0) is 21.7. The number of carbonyl (C=O) groups is 1. The fraction of sp³-hybridized carbons (Fsp3) is 0.200. The summed E-state index contributed by atoms with van der Waals surface area (Å²) < 4.78 is 42.5. The maximum Gasteiger partial charge on any atom is 0.243 e. The quantitative estimate of drug-likeness (QED) is 0.551. The van der Waals surface area contributed by atoms with E-state index in [-0.39, 0.29) is 28.8 Å². The lowest BCUT2D eigenvalue weighted by Gasteiger charge is -2.20. The molecule has 0 saturated heterocycles. The van der Waals surface area contributed by atoms with E-state index in [9.17, 15) is 17.6 Å². The van der Waals surface area contributed by atoms with Crippen LogP contribution in [0.25, 0.3) is 0 Å². The van der Waals surface area contributed by atoms with Gasteiger partial charge in [0.25, 0.3) is 0 Å². The van der Waals surface area contributed by atoms with Gasteiger partial charge >= 0.3 is 0 Å². The highest BCUT2D eigenvalue weighted by atomic mass is 35.5. The van der Waals surface area contributed by atoms with E-state index in [0.717, 1.165) is 5.56 Å². The average Bonchev–Trinajstić information content (AvgIpc) is 3.16. The van der Waals surface area contributed by atoms with Crippen LogP contribution in [-0.4, -0.2) is 30.7 Å². The minimum Gasteiger partial charge on any atom is -0.348 e. The minimum atomic E-state index is -3.80. The van der Waals surface area contributed by atoms with Crippen LogP contribution in [0.15, 0.2) is 65.8 Å². The number of sulfonamides is 1. The zero-order valence-corrected chi connectivity index (χ0v) is 17.6. The SMILES string of the molecule is Cn1cc(S(=O)(=O)NCC(NC(=O)Cc2ccc(Cl)c(F)c2)c2ccccc2)cn1. The van der Waals surface area contributed by atoms with Gasteiger partial charge < -0.3 is 5.32 Å². The summed E-state index contributed by atoms with van der Waals surface area (Å²) >= 11 is 5.67. The van der Waals surface area contributed by atoms with Crippen molar-refractivity contribution in [2.45, 2.75) is 17.4 Å². The first kappa shape index (κ1) is 21.9. The van der Waals surface area contributed by atoms with E-state index in [1.807, 2.05) is 6.07 Å². The van der Waals surface area contributed by atoms with E-state index in [1.54, 1.807) is 37.4 Å². The number of halogens is 2. The molecule has 1 atom stereocenters. The minimum absolute atomic E-state index is 0.0221. The second-order valence-corrected chi connectivity index (χ2v) is 8.83. The van der Waals surface area contributed by atoms with Crippen molar-refractivity contribution in [3.63, 3.8) is 0 Å². The van der Waals surface area contributed by atoms with Gasteiger partial charge in [0.05, 0.1) is 23.7 Å². The van der Waals surface area contributed by atoms with Gasteiger partial charge in [-0.15, -0.1) is 0 Å². The molecule has 3 aromatic rings. The number of aromatic nitrogens is 2. The molecule has 1 unspecified atom stereocenters. The molecule has 0 aliphatic carbocycles. The Morgan fingerprint density at radius 2 is 1.97 bits per heavy atom. The molecule has 0 radical (unpaired) electrons. The average molecular weight is 451 g/mol. The summed E-state index contributed by atoms with van der Waals surface area (Å²) in [7, 11) is -2.18. The summed E-state index contributed by atoms with van der Waals surface area (Å²) in [5, 5.41) is 6.65. The second-order valence-electron chi connectivity index (χ2n) is 6.66. The van der Waals surface area contributed by atoms with Crippen LogP contribution >= 0.6 is 11.6 Å². The van der Waals surface area contributed by atoms with Crippen molar-refractivity contribution in [2.24, 2.45) is 7.05 Å². The smallest absolute Gasteiger partial charge is 0.243 e. The van der Waals surface area contributed by atoms with E-state index in [1.165, 1.54) is 29.2 Å². The van der Waals surface area contributed by atoms with E-state index in [0.29, 0.717) is 5.56 Å². The standard InChI is InChI=1S/C20H20ClFN4O3S/c1-26-13-16(11-23-26)30(28,29)24-12-19(15-5-3-2-4-6-15)25-20(27)10-14-7-8-17(21)18(22)9-14/h2-9,11,13,19,24H,10,12H2,1H3,(H,25,27). The molecule has 1 aromatic heterocycles. The number of rotatable bonds is 8. The van der Waals surface area contributed by atoms with Crippen molar-refractivity contribution in [2.75, 3.05) is 6.54 Å². The lowest BCUT2D eigenvalue weighted by molar-refractivity contribution is -0.121. The monoisotopic (exact) mass is 450 g/mol. The van der Waals surface area contributed by atoms with Crippen LogP contribution in [-0.2, 0) is 28.3 Å². The number of hydrogen-bond acceptors (Lipinski definition) is 4. The van der Waals surface area contributed by atoms with Crippen molar-refractivity contribution in [3.8, 4) is 0 Å². The zero-order valence-electron chi connectivity index (χ0n) is 16.0. The van der Waals surface area contributed by atoms with Gasteiger partial charge in [-0.05, 0) is 23.3 Å². The molecule has 30 heavy (non-hydrogen) atoms.